The van der Waals surface area contributed by atoms with E-state index in [1.807, 2.05) is 11.2 Å². The van der Waals surface area contributed by atoms with Crippen molar-refractivity contribution in [2.24, 2.45) is 0 Å². The Labute approximate surface area is 104 Å². The van der Waals surface area contributed by atoms with E-state index in [0.29, 0.717) is 16.5 Å². The number of anilines is 1. The lowest BCUT2D eigenvalue weighted by Gasteiger charge is -2.30. The fraction of sp³-hybridized carbons (Fsp3) is 0.545. The monoisotopic (exact) mass is 250 g/mol. The van der Waals surface area contributed by atoms with Gasteiger partial charge in [-0.2, -0.15) is 5.26 Å². The van der Waals surface area contributed by atoms with Crippen LogP contribution in [0.4, 0.5) is 5.82 Å². The summed E-state index contributed by atoms with van der Waals surface area (Å²) in [5, 5.41) is 19.2. The molecule has 17 heavy (non-hydrogen) atoms. The van der Waals surface area contributed by atoms with E-state index in [2.05, 4.69) is 16.0 Å². The zero-order chi connectivity index (χ0) is 12.3. The van der Waals surface area contributed by atoms with Crippen molar-refractivity contribution in [2.75, 3.05) is 24.2 Å². The molecule has 0 aromatic carbocycles. The second-order valence-corrected chi connectivity index (χ2v) is 4.70. The number of nitriles is 1. The normalized spacial score (nSPS) is 16.9. The number of piperidine rings is 1. The van der Waals surface area contributed by atoms with Gasteiger partial charge in [0.25, 0.3) is 0 Å². The molecule has 1 aromatic rings. The van der Waals surface area contributed by atoms with Gasteiger partial charge in [0.1, 0.15) is 11.6 Å². The summed E-state index contributed by atoms with van der Waals surface area (Å²) >= 11 is 1.46. The molecule has 0 bridgehead atoms. The molecule has 0 radical (unpaired) electrons. The molecule has 90 valence electrons. The lowest BCUT2D eigenvalue weighted by molar-refractivity contribution is 0.145. The Hall–Kier alpha value is -1.32. The van der Waals surface area contributed by atoms with E-state index < -0.39 is 0 Å². The SMILES string of the molecule is CSc1ncc(C#N)c(N2CCC(O)CC2)n1. The maximum atomic E-state index is 9.47. The molecular formula is C11H14N4OS. The molecule has 0 unspecified atom stereocenters. The highest BCUT2D eigenvalue weighted by molar-refractivity contribution is 7.98. The average Bonchev–Trinajstić information content (AvgIpc) is 2.39. The Kier molecular flexibility index (Phi) is 3.82. The Morgan fingerprint density at radius 1 is 1.53 bits per heavy atom. The van der Waals surface area contributed by atoms with Crippen LogP contribution in [-0.2, 0) is 0 Å². The van der Waals surface area contributed by atoms with Crippen molar-refractivity contribution < 1.29 is 5.11 Å². The van der Waals surface area contributed by atoms with Gasteiger partial charge in [0.15, 0.2) is 11.0 Å². The Morgan fingerprint density at radius 2 is 2.24 bits per heavy atom. The average molecular weight is 250 g/mol. The molecule has 0 amide bonds. The van der Waals surface area contributed by atoms with Crippen molar-refractivity contribution in [3.63, 3.8) is 0 Å². The van der Waals surface area contributed by atoms with Crippen LogP contribution in [0, 0.1) is 11.3 Å². The van der Waals surface area contributed by atoms with E-state index in [1.54, 1.807) is 6.20 Å². The van der Waals surface area contributed by atoms with E-state index in [4.69, 9.17) is 5.26 Å². The lowest BCUT2D eigenvalue weighted by atomic mass is 10.1. The third-order valence-electron chi connectivity index (χ3n) is 2.81. The van der Waals surface area contributed by atoms with Crippen LogP contribution in [0.5, 0.6) is 0 Å². The van der Waals surface area contributed by atoms with Gasteiger partial charge in [-0.25, -0.2) is 9.97 Å². The highest BCUT2D eigenvalue weighted by Crippen LogP contribution is 2.23. The summed E-state index contributed by atoms with van der Waals surface area (Å²) in [5.74, 6) is 0.693. The minimum Gasteiger partial charge on any atom is -0.393 e. The van der Waals surface area contributed by atoms with Crippen molar-refractivity contribution in [1.29, 1.82) is 5.26 Å². The van der Waals surface area contributed by atoms with Gasteiger partial charge in [-0.3, -0.25) is 0 Å². The van der Waals surface area contributed by atoms with Gasteiger partial charge in [0.2, 0.25) is 0 Å². The third-order valence-corrected chi connectivity index (χ3v) is 3.38. The molecule has 1 aliphatic rings. The Balaban J connectivity index is 2.27. The van der Waals surface area contributed by atoms with E-state index >= 15 is 0 Å². The van der Waals surface area contributed by atoms with Crippen LogP contribution < -0.4 is 4.90 Å². The van der Waals surface area contributed by atoms with Crippen molar-refractivity contribution >= 4 is 17.6 Å². The Bertz CT molecular complexity index is 438. The highest BCUT2D eigenvalue weighted by atomic mass is 32.2. The van der Waals surface area contributed by atoms with E-state index in [-0.39, 0.29) is 6.10 Å². The van der Waals surface area contributed by atoms with Gasteiger partial charge < -0.3 is 10.0 Å². The van der Waals surface area contributed by atoms with Crippen LogP contribution in [0.25, 0.3) is 0 Å². The molecule has 1 aromatic heterocycles. The first-order valence-corrected chi connectivity index (χ1v) is 6.71. The van der Waals surface area contributed by atoms with E-state index in [1.165, 1.54) is 11.8 Å². The molecule has 1 N–H and O–H groups in total. The molecule has 1 aliphatic heterocycles. The fourth-order valence-electron chi connectivity index (χ4n) is 1.85. The first-order valence-electron chi connectivity index (χ1n) is 5.48. The van der Waals surface area contributed by atoms with Crippen molar-refractivity contribution in [3.8, 4) is 6.07 Å². The predicted octanol–water partition coefficient (Wildman–Crippen LogP) is 1.03. The van der Waals surface area contributed by atoms with Gasteiger partial charge >= 0.3 is 0 Å². The lowest BCUT2D eigenvalue weighted by Crippen LogP contribution is -2.36. The highest BCUT2D eigenvalue weighted by Gasteiger charge is 2.21. The standard InChI is InChI=1S/C11H14N4OS/c1-17-11-13-7-8(6-12)10(14-11)15-4-2-9(16)3-5-15/h7,9,16H,2-5H2,1H3. The van der Waals surface area contributed by atoms with Gasteiger partial charge in [-0.05, 0) is 19.1 Å². The van der Waals surface area contributed by atoms with Crippen LogP contribution in [0.2, 0.25) is 0 Å². The summed E-state index contributed by atoms with van der Waals surface area (Å²) in [6.45, 7) is 1.47. The number of nitrogens with zero attached hydrogens (tertiary/aromatic N) is 4. The van der Waals surface area contributed by atoms with Crippen LogP contribution in [0.1, 0.15) is 18.4 Å². The molecule has 2 rings (SSSR count). The minimum atomic E-state index is -0.223. The van der Waals surface area contributed by atoms with Crippen molar-refractivity contribution in [2.45, 2.75) is 24.1 Å². The van der Waals surface area contributed by atoms with Crippen LogP contribution in [0.3, 0.4) is 0 Å². The third kappa shape index (κ3) is 2.68. The quantitative estimate of drug-likeness (QED) is 0.624. The van der Waals surface area contributed by atoms with Crippen molar-refractivity contribution in [3.05, 3.63) is 11.8 Å². The minimum absolute atomic E-state index is 0.223. The second-order valence-electron chi connectivity index (χ2n) is 3.92. The summed E-state index contributed by atoms with van der Waals surface area (Å²) in [7, 11) is 0. The molecule has 0 saturated carbocycles. The topological polar surface area (TPSA) is 73.0 Å². The number of hydrogen-bond donors (Lipinski definition) is 1. The summed E-state index contributed by atoms with van der Waals surface area (Å²) in [5.41, 5.74) is 0.499. The molecular weight excluding hydrogens is 236 g/mol. The summed E-state index contributed by atoms with van der Waals surface area (Å²) < 4.78 is 0. The molecule has 1 fully saturated rings. The molecule has 6 heteroatoms. The molecule has 1 saturated heterocycles. The van der Waals surface area contributed by atoms with Crippen LogP contribution >= 0.6 is 11.8 Å². The maximum absolute atomic E-state index is 9.47. The zero-order valence-electron chi connectivity index (χ0n) is 9.63. The van der Waals surface area contributed by atoms with E-state index in [0.717, 1.165) is 25.9 Å². The van der Waals surface area contributed by atoms with Crippen molar-refractivity contribution in [1.82, 2.24) is 9.97 Å². The van der Waals surface area contributed by atoms with Gasteiger partial charge in [0, 0.05) is 13.1 Å². The first kappa shape index (κ1) is 12.1. The summed E-state index contributed by atoms with van der Waals surface area (Å²) in [4.78, 5) is 10.5. The number of aliphatic hydroxyl groups is 1. The van der Waals surface area contributed by atoms with Crippen LogP contribution in [0.15, 0.2) is 11.4 Å². The van der Waals surface area contributed by atoms with Gasteiger partial charge in [-0.1, -0.05) is 11.8 Å². The number of hydrogen-bond acceptors (Lipinski definition) is 6. The second kappa shape index (κ2) is 5.34. The van der Waals surface area contributed by atoms with Crippen LogP contribution in [-0.4, -0.2) is 40.5 Å². The summed E-state index contributed by atoms with van der Waals surface area (Å²) in [6.07, 6.45) is 4.70. The zero-order valence-corrected chi connectivity index (χ0v) is 10.4. The maximum Gasteiger partial charge on any atom is 0.189 e. The molecule has 5 nitrogen and oxygen atoms in total. The first-order chi connectivity index (χ1) is 8.24. The molecule has 2 heterocycles. The molecule has 0 atom stereocenters. The molecule has 0 spiro atoms. The number of thioether (sulfide) groups is 1. The smallest absolute Gasteiger partial charge is 0.189 e. The summed E-state index contributed by atoms with van der Waals surface area (Å²) in [6, 6.07) is 2.12. The van der Waals surface area contributed by atoms with E-state index in [9.17, 15) is 5.11 Å². The number of rotatable bonds is 2. The fourth-order valence-corrected chi connectivity index (χ4v) is 2.19. The Morgan fingerprint density at radius 3 is 2.82 bits per heavy atom. The largest absolute Gasteiger partial charge is 0.393 e. The number of aliphatic hydroxyl groups excluding tert-OH is 1. The van der Waals surface area contributed by atoms with Gasteiger partial charge in [0.05, 0.1) is 12.3 Å². The molecule has 0 aliphatic carbocycles. The predicted molar refractivity (Wildman–Crippen MR) is 66.0 cm³/mol. The number of aromatic nitrogens is 2. The van der Waals surface area contributed by atoms with Gasteiger partial charge in [-0.15, -0.1) is 0 Å².